The van der Waals surface area contributed by atoms with Gasteiger partial charge in [-0.05, 0) is 24.7 Å². The van der Waals surface area contributed by atoms with Crippen molar-refractivity contribution >= 4 is 34.2 Å². The zero-order chi connectivity index (χ0) is 16.0. The maximum Gasteiger partial charge on any atom is 0.231 e. The van der Waals surface area contributed by atoms with Gasteiger partial charge in [-0.2, -0.15) is 0 Å². The number of hydrogen-bond donors (Lipinski definition) is 1. The number of aliphatic hydroxyl groups is 1. The van der Waals surface area contributed by atoms with E-state index in [4.69, 9.17) is 12.2 Å². The smallest absolute Gasteiger partial charge is 0.231 e. The second-order valence-electron chi connectivity index (χ2n) is 6.45. The van der Waals surface area contributed by atoms with Gasteiger partial charge in [-0.25, -0.2) is 0 Å². The molecule has 1 saturated heterocycles. The molecule has 5 heteroatoms. The van der Waals surface area contributed by atoms with Crippen molar-refractivity contribution in [2.24, 2.45) is 11.8 Å². The average Bonchev–Trinajstić information content (AvgIpc) is 2.68. The van der Waals surface area contributed by atoms with Crippen LogP contribution >= 0.6 is 24.0 Å². The molecule has 0 saturated carbocycles. The SMILES string of the molecule is CC(C)C/C=C/[C@H](O)CC(=O)N1C(=S)SC[C@@H]1CC(C)C. The summed E-state index contributed by atoms with van der Waals surface area (Å²) in [6, 6.07) is 0.182. The van der Waals surface area contributed by atoms with Crippen molar-refractivity contribution < 1.29 is 9.90 Å². The van der Waals surface area contributed by atoms with E-state index in [0.29, 0.717) is 16.2 Å². The lowest BCUT2D eigenvalue weighted by Gasteiger charge is -2.25. The van der Waals surface area contributed by atoms with Crippen LogP contribution in [-0.2, 0) is 4.79 Å². The first-order chi connectivity index (χ1) is 9.81. The topological polar surface area (TPSA) is 40.5 Å². The summed E-state index contributed by atoms with van der Waals surface area (Å²) in [5.41, 5.74) is 0. The van der Waals surface area contributed by atoms with Crippen molar-refractivity contribution in [3.63, 3.8) is 0 Å². The molecule has 1 fully saturated rings. The summed E-state index contributed by atoms with van der Waals surface area (Å²) in [5.74, 6) is 1.91. The molecule has 1 aliphatic heterocycles. The van der Waals surface area contributed by atoms with Crippen LogP contribution < -0.4 is 0 Å². The Kier molecular flexibility index (Phi) is 7.92. The molecule has 21 heavy (non-hydrogen) atoms. The van der Waals surface area contributed by atoms with E-state index in [9.17, 15) is 9.90 Å². The van der Waals surface area contributed by atoms with E-state index in [2.05, 4.69) is 27.7 Å². The van der Waals surface area contributed by atoms with Crippen LogP contribution in [0.25, 0.3) is 0 Å². The Bertz CT molecular complexity index is 394. The Morgan fingerprint density at radius 3 is 2.67 bits per heavy atom. The summed E-state index contributed by atoms with van der Waals surface area (Å²) in [4.78, 5) is 14.1. The molecule has 1 aliphatic rings. The van der Waals surface area contributed by atoms with Gasteiger partial charge in [0.05, 0.1) is 12.5 Å². The first kappa shape index (κ1) is 18.7. The van der Waals surface area contributed by atoms with Gasteiger partial charge >= 0.3 is 0 Å². The van der Waals surface area contributed by atoms with Crippen molar-refractivity contribution in [2.45, 2.75) is 59.1 Å². The number of hydrogen-bond acceptors (Lipinski definition) is 4. The molecule has 1 heterocycles. The van der Waals surface area contributed by atoms with Crippen LogP contribution in [-0.4, -0.2) is 38.1 Å². The minimum absolute atomic E-state index is 0.0580. The molecule has 0 bridgehead atoms. The van der Waals surface area contributed by atoms with Gasteiger partial charge in [0.1, 0.15) is 4.32 Å². The predicted molar refractivity (Wildman–Crippen MR) is 94.4 cm³/mol. The maximum absolute atomic E-state index is 12.4. The van der Waals surface area contributed by atoms with Gasteiger partial charge in [0.25, 0.3) is 0 Å². The number of carbonyl (C=O) groups excluding carboxylic acids is 1. The molecule has 120 valence electrons. The van der Waals surface area contributed by atoms with Gasteiger partial charge in [-0.1, -0.05) is 63.8 Å². The van der Waals surface area contributed by atoms with Crippen LogP contribution in [0, 0.1) is 11.8 Å². The largest absolute Gasteiger partial charge is 0.389 e. The predicted octanol–water partition coefficient (Wildman–Crippen LogP) is 3.61. The summed E-state index contributed by atoms with van der Waals surface area (Å²) in [7, 11) is 0. The summed E-state index contributed by atoms with van der Waals surface area (Å²) in [6.45, 7) is 8.55. The molecule has 1 amide bonds. The fourth-order valence-electron chi connectivity index (χ4n) is 2.34. The second kappa shape index (κ2) is 8.91. The third-order valence-electron chi connectivity index (χ3n) is 3.32. The van der Waals surface area contributed by atoms with E-state index in [1.807, 2.05) is 6.08 Å². The Balaban J connectivity index is 2.56. The van der Waals surface area contributed by atoms with Gasteiger partial charge in [0.2, 0.25) is 5.91 Å². The first-order valence-electron chi connectivity index (χ1n) is 7.64. The molecule has 3 nitrogen and oxygen atoms in total. The molecule has 0 aromatic carbocycles. The first-order valence-corrected chi connectivity index (χ1v) is 9.04. The lowest BCUT2D eigenvalue weighted by molar-refractivity contribution is -0.129. The van der Waals surface area contributed by atoms with Gasteiger partial charge in [0.15, 0.2) is 0 Å². The Morgan fingerprint density at radius 2 is 2.10 bits per heavy atom. The number of nitrogens with zero attached hydrogens (tertiary/aromatic N) is 1. The Hall–Kier alpha value is -0.390. The van der Waals surface area contributed by atoms with Crippen LogP contribution in [0.1, 0.15) is 47.0 Å². The molecule has 1 rings (SSSR count). The highest BCUT2D eigenvalue weighted by Gasteiger charge is 2.34. The van der Waals surface area contributed by atoms with Crippen molar-refractivity contribution in [1.29, 1.82) is 0 Å². The molecular weight excluding hydrogens is 302 g/mol. The summed E-state index contributed by atoms with van der Waals surface area (Å²) in [6.07, 6.45) is 4.94. The number of amides is 1. The Morgan fingerprint density at radius 1 is 1.43 bits per heavy atom. The van der Waals surface area contributed by atoms with Crippen LogP contribution in [0.15, 0.2) is 12.2 Å². The number of thiocarbonyl (C=S) groups is 1. The fraction of sp³-hybridized carbons (Fsp3) is 0.750. The third-order valence-corrected chi connectivity index (χ3v) is 4.87. The number of aliphatic hydroxyl groups excluding tert-OH is 1. The normalized spacial score (nSPS) is 21.0. The van der Waals surface area contributed by atoms with E-state index in [0.717, 1.165) is 18.6 Å². The Labute approximate surface area is 138 Å². The number of rotatable bonds is 7. The molecule has 0 aliphatic carbocycles. The highest BCUT2D eigenvalue weighted by molar-refractivity contribution is 8.23. The molecule has 0 aromatic rings. The highest BCUT2D eigenvalue weighted by Crippen LogP contribution is 2.29. The van der Waals surface area contributed by atoms with E-state index >= 15 is 0 Å². The quantitative estimate of drug-likeness (QED) is 0.572. The molecule has 0 unspecified atom stereocenters. The molecule has 0 aromatic heterocycles. The fourth-order valence-corrected chi connectivity index (χ4v) is 3.80. The van der Waals surface area contributed by atoms with Crippen LogP contribution in [0.3, 0.4) is 0 Å². The number of carbonyl (C=O) groups is 1. The van der Waals surface area contributed by atoms with E-state index in [-0.39, 0.29) is 18.4 Å². The average molecular weight is 330 g/mol. The number of thioether (sulfide) groups is 1. The lowest BCUT2D eigenvalue weighted by Crippen LogP contribution is -2.40. The van der Waals surface area contributed by atoms with Crippen molar-refractivity contribution in [3.05, 3.63) is 12.2 Å². The van der Waals surface area contributed by atoms with E-state index in [1.54, 1.807) is 22.7 Å². The zero-order valence-corrected chi connectivity index (χ0v) is 15.0. The minimum Gasteiger partial charge on any atom is -0.389 e. The number of allylic oxidation sites excluding steroid dienone is 1. The van der Waals surface area contributed by atoms with Crippen molar-refractivity contribution in [2.75, 3.05) is 5.75 Å². The standard InChI is InChI=1S/C16H27NO2S2/c1-11(2)6-5-7-14(18)9-15(19)17-13(8-12(3)4)10-21-16(17)20/h5,7,11-14,18H,6,8-10H2,1-4H3/b7-5+/t13-,14-/m0/s1. The molecule has 2 atom stereocenters. The zero-order valence-electron chi connectivity index (χ0n) is 13.4. The lowest BCUT2D eigenvalue weighted by atomic mass is 10.0. The van der Waals surface area contributed by atoms with Crippen molar-refractivity contribution in [3.8, 4) is 0 Å². The minimum atomic E-state index is -0.718. The second-order valence-corrected chi connectivity index (χ2v) is 8.11. The molecule has 0 spiro atoms. The van der Waals surface area contributed by atoms with Gasteiger partial charge in [-0.15, -0.1) is 0 Å². The van der Waals surface area contributed by atoms with Gasteiger partial charge in [-0.3, -0.25) is 9.69 Å². The monoisotopic (exact) mass is 329 g/mol. The summed E-state index contributed by atoms with van der Waals surface area (Å²) in [5, 5.41) is 9.96. The van der Waals surface area contributed by atoms with E-state index in [1.165, 1.54) is 0 Å². The third kappa shape index (κ3) is 6.49. The van der Waals surface area contributed by atoms with Crippen molar-refractivity contribution in [1.82, 2.24) is 4.90 Å². The molecule has 1 N–H and O–H groups in total. The van der Waals surface area contributed by atoms with Gasteiger partial charge in [0, 0.05) is 11.8 Å². The highest BCUT2D eigenvalue weighted by atomic mass is 32.2. The van der Waals surface area contributed by atoms with E-state index < -0.39 is 6.10 Å². The summed E-state index contributed by atoms with van der Waals surface area (Å²) >= 11 is 6.86. The van der Waals surface area contributed by atoms with Crippen LogP contribution in [0.5, 0.6) is 0 Å². The van der Waals surface area contributed by atoms with Crippen LogP contribution in [0.4, 0.5) is 0 Å². The summed E-state index contributed by atoms with van der Waals surface area (Å²) < 4.78 is 0.656. The molecular formula is C16H27NO2S2. The molecule has 0 radical (unpaired) electrons. The van der Waals surface area contributed by atoms with Crippen LogP contribution in [0.2, 0.25) is 0 Å². The maximum atomic E-state index is 12.4. The van der Waals surface area contributed by atoms with Gasteiger partial charge < -0.3 is 5.11 Å².